The van der Waals surface area contributed by atoms with E-state index in [2.05, 4.69) is 57.1 Å². The zero-order chi connectivity index (χ0) is 13.4. The van der Waals surface area contributed by atoms with Gasteiger partial charge in [0.05, 0.1) is 11.2 Å². The molecular weight excluding hydrogens is 224 g/mol. The Kier molecular flexibility index (Phi) is 3.47. The van der Waals surface area contributed by atoms with Gasteiger partial charge in [0.15, 0.2) is 0 Å². The second-order valence-electron chi connectivity index (χ2n) is 6.39. The van der Waals surface area contributed by atoms with Gasteiger partial charge in [-0.05, 0) is 58.7 Å². The van der Waals surface area contributed by atoms with Crippen molar-refractivity contribution in [2.75, 3.05) is 0 Å². The molecule has 0 amide bonds. The van der Waals surface area contributed by atoms with Crippen LogP contribution in [0.25, 0.3) is 0 Å². The first-order valence-corrected chi connectivity index (χ1v) is 6.66. The highest BCUT2D eigenvalue weighted by molar-refractivity contribution is 5.15. The van der Waals surface area contributed by atoms with Crippen molar-refractivity contribution in [2.24, 2.45) is 0 Å². The standard InChI is InChI=1S/C15H24N2O/c1-11(12-6-8-16-9-7-12)17-13-10-14(2,3)18-15(13,4)5/h6-9,11,13,17H,10H2,1-5H3. The molecule has 1 aromatic heterocycles. The number of hydrogen-bond donors (Lipinski definition) is 1. The zero-order valence-corrected chi connectivity index (χ0v) is 12.0. The number of aromatic nitrogens is 1. The van der Waals surface area contributed by atoms with Crippen molar-refractivity contribution in [3.05, 3.63) is 30.1 Å². The molecule has 3 heteroatoms. The molecule has 1 aromatic rings. The summed E-state index contributed by atoms with van der Waals surface area (Å²) in [5, 5.41) is 3.69. The van der Waals surface area contributed by atoms with Crippen LogP contribution in [-0.4, -0.2) is 22.2 Å². The molecule has 1 aliphatic rings. The van der Waals surface area contributed by atoms with Crippen LogP contribution in [0.3, 0.4) is 0 Å². The molecule has 1 saturated heterocycles. The molecule has 2 unspecified atom stereocenters. The molecule has 2 rings (SSSR count). The first kappa shape index (κ1) is 13.5. The topological polar surface area (TPSA) is 34.1 Å². The van der Waals surface area contributed by atoms with E-state index in [0.717, 1.165) is 6.42 Å². The van der Waals surface area contributed by atoms with Gasteiger partial charge in [-0.2, -0.15) is 0 Å². The Morgan fingerprint density at radius 2 is 1.89 bits per heavy atom. The minimum absolute atomic E-state index is 0.0425. The molecule has 0 bridgehead atoms. The van der Waals surface area contributed by atoms with Crippen LogP contribution in [0.1, 0.15) is 52.6 Å². The summed E-state index contributed by atoms with van der Waals surface area (Å²) in [5.74, 6) is 0. The van der Waals surface area contributed by atoms with Crippen molar-refractivity contribution in [3.63, 3.8) is 0 Å². The molecule has 3 nitrogen and oxygen atoms in total. The molecule has 100 valence electrons. The van der Waals surface area contributed by atoms with Gasteiger partial charge in [-0.3, -0.25) is 4.98 Å². The van der Waals surface area contributed by atoms with Crippen molar-refractivity contribution in [3.8, 4) is 0 Å². The Labute approximate surface area is 110 Å². The van der Waals surface area contributed by atoms with Gasteiger partial charge in [0.2, 0.25) is 0 Å². The normalized spacial score (nSPS) is 27.1. The quantitative estimate of drug-likeness (QED) is 0.892. The number of ether oxygens (including phenoxy) is 1. The van der Waals surface area contributed by atoms with Gasteiger partial charge in [-0.15, -0.1) is 0 Å². The molecule has 0 saturated carbocycles. The van der Waals surface area contributed by atoms with Crippen molar-refractivity contribution >= 4 is 0 Å². The maximum absolute atomic E-state index is 6.11. The lowest BCUT2D eigenvalue weighted by Gasteiger charge is -2.30. The first-order chi connectivity index (χ1) is 8.30. The summed E-state index contributed by atoms with van der Waals surface area (Å²) in [6.07, 6.45) is 4.72. The summed E-state index contributed by atoms with van der Waals surface area (Å²) in [7, 11) is 0. The summed E-state index contributed by atoms with van der Waals surface area (Å²) < 4.78 is 6.11. The van der Waals surface area contributed by atoms with Crippen LogP contribution in [-0.2, 0) is 4.74 Å². The number of nitrogens with zero attached hydrogens (tertiary/aromatic N) is 1. The zero-order valence-electron chi connectivity index (χ0n) is 12.0. The largest absolute Gasteiger partial charge is 0.368 e. The van der Waals surface area contributed by atoms with Gasteiger partial charge < -0.3 is 10.1 Å². The highest BCUT2D eigenvalue weighted by Crippen LogP contribution is 2.38. The van der Waals surface area contributed by atoms with Crippen LogP contribution in [0.4, 0.5) is 0 Å². The summed E-state index contributed by atoms with van der Waals surface area (Å²) >= 11 is 0. The van der Waals surface area contributed by atoms with Crippen molar-refractivity contribution in [2.45, 2.75) is 64.3 Å². The third-order valence-electron chi connectivity index (χ3n) is 3.73. The van der Waals surface area contributed by atoms with E-state index >= 15 is 0 Å². The van der Waals surface area contributed by atoms with E-state index < -0.39 is 0 Å². The average Bonchev–Trinajstić information content (AvgIpc) is 2.48. The SMILES string of the molecule is CC(NC1CC(C)(C)OC1(C)C)c1ccncc1. The molecule has 0 aliphatic carbocycles. The Morgan fingerprint density at radius 3 is 2.39 bits per heavy atom. The number of nitrogens with one attached hydrogen (secondary N) is 1. The number of hydrogen-bond acceptors (Lipinski definition) is 3. The maximum atomic E-state index is 6.11. The fourth-order valence-electron chi connectivity index (χ4n) is 2.87. The maximum Gasteiger partial charge on any atom is 0.0787 e. The third kappa shape index (κ3) is 2.90. The lowest BCUT2D eigenvalue weighted by molar-refractivity contribution is -0.0703. The van der Waals surface area contributed by atoms with E-state index in [0.29, 0.717) is 12.1 Å². The molecule has 2 heterocycles. The van der Waals surface area contributed by atoms with Crippen molar-refractivity contribution < 1.29 is 4.74 Å². The minimum atomic E-state index is -0.120. The van der Waals surface area contributed by atoms with E-state index in [4.69, 9.17) is 4.74 Å². The lowest BCUT2D eigenvalue weighted by Crippen LogP contribution is -2.44. The molecule has 2 atom stereocenters. The van der Waals surface area contributed by atoms with Gasteiger partial charge in [0.1, 0.15) is 0 Å². The predicted octanol–water partition coefficient (Wildman–Crippen LogP) is 3.08. The fraction of sp³-hybridized carbons (Fsp3) is 0.667. The second kappa shape index (κ2) is 4.63. The molecule has 0 spiro atoms. The molecule has 1 fully saturated rings. The van der Waals surface area contributed by atoms with Gasteiger partial charge in [0.25, 0.3) is 0 Å². The highest BCUT2D eigenvalue weighted by Gasteiger charge is 2.46. The Hall–Kier alpha value is -0.930. The molecule has 1 N–H and O–H groups in total. The summed E-state index contributed by atoms with van der Waals surface area (Å²) in [4.78, 5) is 4.06. The average molecular weight is 248 g/mol. The summed E-state index contributed by atoms with van der Waals surface area (Å²) in [6, 6.07) is 4.81. The van der Waals surface area contributed by atoms with Crippen LogP contribution in [0.5, 0.6) is 0 Å². The smallest absolute Gasteiger partial charge is 0.0787 e. The van der Waals surface area contributed by atoms with Crippen molar-refractivity contribution in [1.82, 2.24) is 10.3 Å². The lowest BCUT2D eigenvalue weighted by atomic mass is 9.93. The summed E-state index contributed by atoms with van der Waals surface area (Å²) in [5.41, 5.74) is 1.11. The van der Waals surface area contributed by atoms with Gasteiger partial charge in [-0.25, -0.2) is 0 Å². The highest BCUT2D eigenvalue weighted by atomic mass is 16.5. The van der Waals surface area contributed by atoms with Crippen LogP contribution >= 0.6 is 0 Å². The third-order valence-corrected chi connectivity index (χ3v) is 3.73. The molecule has 18 heavy (non-hydrogen) atoms. The first-order valence-electron chi connectivity index (χ1n) is 6.66. The van der Waals surface area contributed by atoms with E-state index in [1.807, 2.05) is 12.4 Å². The molecule has 0 radical (unpaired) electrons. The Morgan fingerprint density at radius 1 is 1.28 bits per heavy atom. The minimum Gasteiger partial charge on any atom is -0.368 e. The van der Waals surface area contributed by atoms with Gasteiger partial charge >= 0.3 is 0 Å². The van der Waals surface area contributed by atoms with E-state index in [9.17, 15) is 0 Å². The Bertz CT molecular complexity index is 400. The molecular formula is C15H24N2O. The van der Waals surface area contributed by atoms with Crippen LogP contribution in [0, 0.1) is 0 Å². The molecule has 1 aliphatic heterocycles. The van der Waals surface area contributed by atoms with Crippen LogP contribution in [0.15, 0.2) is 24.5 Å². The number of pyridine rings is 1. The van der Waals surface area contributed by atoms with Crippen molar-refractivity contribution in [1.29, 1.82) is 0 Å². The Balaban J connectivity index is 2.06. The van der Waals surface area contributed by atoms with E-state index in [1.165, 1.54) is 5.56 Å². The number of rotatable bonds is 3. The summed E-state index contributed by atoms with van der Waals surface area (Å²) in [6.45, 7) is 10.8. The fourth-order valence-corrected chi connectivity index (χ4v) is 2.87. The van der Waals surface area contributed by atoms with Crippen LogP contribution in [0.2, 0.25) is 0 Å². The molecule has 0 aromatic carbocycles. The van der Waals surface area contributed by atoms with Gasteiger partial charge in [-0.1, -0.05) is 0 Å². The predicted molar refractivity (Wildman–Crippen MR) is 73.4 cm³/mol. The van der Waals surface area contributed by atoms with Gasteiger partial charge in [0, 0.05) is 24.5 Å². The van der Waals surface area contributed by atoms with Crippen LogP contribution < -0.4 is 5.32 Å². The monoisotopic (exact) mass is 248 g/mol. The van der Waals surface area contributed by atoms with E-state index in [1.54, 1.807) is 0 Å². The van der Waals surface area contributed by atoms with E-state index in [-0.39, 0.29) is 11.2 Å². The second-order valence-corrected chi connectivity index (χ2v) is 6.39.